The summed E-state index contributed by atoms with van der Waals surface area (Å²) in [5.41, 5.74) is 2.59. The molecule has 0 unspecified atom stereocenters. The monoisotopic (exact) mass is 321 g/mol. The van der Waals surface area contributed by atoms with Crippen molar-refractivity contribution in [3.63, 3.8) is 0 Å². The fourth-order valence-corrected chi connectivity index (χ4v) is 2.66. The van der Waals surface area contributed by atoms with Crippen molar-refractivity contribution in [1.29, 1.82) is 0 Å². The van der Waals surface area contributed by atoms with E-state index in [-0.39, 0.29) is 11.5 Å². The molecule has 0 spiro atoms. The first kappa shape index (κ1) is 14.2. The van der Waals surface area contributed by atoms with Crippen LogP contribution in [0.4, 0.5) is 0 Å². The van der Waals surface area contributed by atoms with Gasteiger partial charge < -0.3 is 0 Å². The molecule has 0 saturated carbocycles. The van der Waals surface area contributed by atoms with Crippen molar-refractivity contribution in [2.24, 2.45) is 0 Å². The van der Waals surface area contributed by atoms with Crippen LogP contribution >= 0.6 is 23.2 Å². The molecule has 4 nitrogen and oxygen atoms in total. The SMILES string of the molecule is CC(C)c1c[nH]n2c(=O)cc(-c3cccc(Cl)c3Cl)nc12. The molecule has 0 aliphatic carbocycles. The molecule has 2 heterocycles. The number of hydrogen-bond donors (Lipinski definition) is 1. The number of fused-ring (bicyclic) bond motifs is 1. The topological polar surface area (TPSA) is 50.2 Å². The van der Waals surface area contributed by atoms with Crippen LogP contribution in [0.25, 0.3) is 16.9 Å². The molecule has 21 heavy (non-hydrogen) atoms. The molecule has 0 radical (unpaired) electrons. The number of hydrogen-bond acceptors (Lipinski definition) is 2. The maximum atomic E-state index is 12.2. The smallest absolute Gasteiger partial charge is 0.273 e. The summed E-state index contributed by atoms with van der Waals surface area (Å²) in [4.78, 5) is 16.8. The van der Waals surface area contributed by atoms with Crippen molar-refractivity contribution in [3.05, 3.63) is 56.4 Å². The third-order valence-corrected chi connectivity index (χ3v) is 4.19. The van der Waals surface area contributed by atoms with Gasteiger partial charge in [-0.1, -0.05) is 49.2 Å². The molecule has 108 valence electrons. The molecule has 0 aliphatic rings. The number of aromatic amines is 1. The first-order chi connectivity index (χ1) is 9.99. The van der Waals surface area contributed by atoms with Crippen LogP contribution in [0.15, 0.2) is 35.3 Å². The summed E-state index contributed by atoms with van der Waals surface area (Å²) in [6.07, 6.45) is 1.80. The molecule has 2 aromatic heterocycles. The summed E-state index contributed by atoms with van der Waals surface area (Å²) >= 11 is 12.3. The average Bonchev–Trinajstić information content (AvgIpc) is 2.86. The van der Waals surface area contributed by atoms with E-state index in [4.69, 9.17) is 23.2 Å². The van der Waals surface area contributed by atoms with Crippen LogP contribution < -0.4 is 5.56 Å². The second kappa shape index (κ2) is 5.20. The number of halogens is 2. The number of H-pyrrole nitrogens is 1. The molecule has 0 bridgehead atoms. The van der Waals surface area contributed by atoms with E-state index in [9.17, 15) is 4.79 Å². The molecule has 0 atom stereocenters. The average molecular weight is 322 g/mol. The Labute approximate surface area is 131 Å². The van der Waals surface area contributed by atoms with Gasteiger partial charge in [0.25, 0.3) is 5.56 Å². The van der Waals surface area contributed by atoms with E-state index in [0.717, 1.165) is 5.56 Å². The minimum atomic E-state index is -0.182. The maximum absolute atomic E-state index is 12.2. The lowest BCUT2D eigenvalue weighted by molar-refractivity contribution is 0.870. The Bertz CT molecular complexity index is 880. The van der Waals surface area contributed by atoms with Gasteiger partial charge in [0, 0.05) is 23.4 Å². The molecule has 1 N–H and O–H groups in total. The Morgan fingerprint density at radius 2 is 2.05 bits per heavy atom. The van der Waals surface area contributed by atoms with Gasteiger partial charge in [-0.25, -0.2) is 9.50 Å². The predicted octanol–water partition coefficient (Wildman–Crippen LogP) is 4.12. The van der Waals surface area contributed by atoms with E-state index >= 15 is 0 Å². The zero-order valence-corrected chi connectivity index (χ0v) is 13.0. The van der Waals surface area contributed by atoms with Gasteiger partial charge in [0.2, 0.25) is 0 Å². The summed E-state index contributed by atoms with van der Waals surface area (Å²) < 4.78 is 1.43. The van der Waals surface area contributed by atoms with Gasteiger partial charge in [0.05, 0.1) is 15.7 Å². The normalized spacial score (nSPS) is 11.5. The van der Waals surface area contributed by atoms with E-state index in [1.807, 2.05) is 13.8 Å². The lowest BCUT2D eigenvalue weighted by atomic mass is 10.1. The lowest BCUT2D eigenvalue weighted by Crippen LogP contribution is -2.14. The quantitative estimate of drug-likeness (QED) is 0.771. The summed E-state index contributed by atoms with van der Waals surface area (Å²) in [5, 5.41) is 3.76. The highest BCUT2D eigenvalue weighted by Gasteiger charge is 2.14. The van der Waals surface area contributed by atoms with E-state index in [0.29, 0.717) is 26.9 Å². The second-order valence-electron chi connectivity index (χ2n) is 5.12. The fourth-order valence-electron chi connectivity index (χ4n) is 2.26. The molecular weight excluding hydrogens is 309 g/mol. The zero-order valence-electron chi connectivity index (χ0n) is 11.5. The van der Waals surface area contributed by atoms with Crippen molar-refractivity contribution in [2.45, 2.75) is 19.8 Å². The predicted molar refractivity (Wildman–Crippen MR) is 85.4 cm³/mol. The zero-order chi connectivity index (χ0) is 15.1. The summed E-state index contributed by atoms with van der Waals surface area (Å²) in [5.74, 6) is 0.253. The van der Waals surface area contributed by atoms with Gasteiger partial charge in [-0.3, -0.25) is 9.89 Å². The highest BCUT2D eigenvalue weighted by molar-refractivity contribution is 6.43. The van der Waals surface area contributed by atoms with Gasteiger partial charge >= 0.3 is 0 Å². The van der Waals surface area contributed by atoms with Crippen molar-refractivity contribution in [3.8, 4) is 11.3 Å². The van der Waals surface area contributed by atoms with Crippen molar-refractivity contribution in [2.75, 3.05) is 0 Å². The lowest BCUT2D eigenvalue weighted by Gasteiger charge is -2.07. The number of aromatic nitrogens is 3. The molecule has 1 aromatic carbocycles. The molecular formula is C15H13Cl2N3O. The van der Waals surface area contributed by atoms with Crippen molar-refractivity contribution >= 4 is 28.8 Å². The first-order valence-electron chi connectivity index (χ1n) is 6.54. The van der Waals surface area contributed by atoms with E-state index < -0.39 is 0 Å². The first-order valence-corrected chi connectivity index (χ1v) is 7.30. The van der Waals surface area contributed by atoms with Crippen LogP contribution in [0.5, 0.6) is 0 Å². The van der Waals surface area contributed by atoms with Gasteiger partial charge in [0.15, 0.2) is 5.65 Å². The number of benzene rings is 1. The van der Waals surface area contributed by atoms with Gasteiger partial charge in [-0.05, 0) is 12.0 Å². The van der Waals surface area contributed by atoms with Gasteiger partial charge in [-0.2, -0.15) is 0 Å². The Morgan fingerprint density at radius 3 is 2.76 bits per heavy atom. The third kappa shape index (κ3) is 2.34. The molecule has 0 fully saturated rings. The van der Waals surface area contributed by atoms with Crippen molar-refractivity contribution in [1.82, 2.24) is 14.6 Å². The van der Waals surface area contributed by atoms with Crippen LogP contribution in [0, 0.1) is 0 Å². The summed E-state index contributed by atoms with van der Waals surface area (Å²) in [7, 11) is 0. The van der Waals surface area contributed by atoms with E-state index in [2.05, 4.69) is 10.1 Å². The van der Waals surface area contributed by atoms with Crippen LogP contribution in [-0.4, -0.2) is 14.6 Å². The highest BCUT2D eigenvalue weighted by Crippen LogP contribution is 2.32. The number of nitrogens with zero attached hydrogens (tertiary/aromatic N) is 2. The minimum Gasteiger partial charge on any atom is -0.297 e. The fraction of sp³-hybridized carbons (Fsp3) is 0.200. The minimum absolute atomic E-state index is 0.182. The largest absolute Gasteiger partial charge is 0.297 e. The number of nitrogens with one attached hydrogen (secondary N) is 1. The van der Waals surface area contributed by atoms with Crippen LogP contribution in [0.3, 0.4) is 0 Å². The molecule has 0 aliphatic heterocycles. The Hall–Kier alpha value is -1.78. The Kier molecular flexibility index (Phi) is 3.51. The molecule has 0 saturated heterocycles. The second-order valence-corrected chi connectivity index (χ2v) is 5.91. The Balaban J connectivity index is 2.32. The number of rotatable bonds is 2. The summed E-state index contributed by atoms with van der Waals surface area (Å²) in [6.45, 7) is 4.10. The third-order valence-electron chi connectivity index (χ3n) is 3.38. The molecule has 3 aromatic rings. The van der Waals surface area contributed by atoms with E-state index in [1.165, 1.54) is 10.6 Å². The van der Waals surface area contributed by atoms with Crippen LogP contribution in [0.2, 0.25) is 10.0 Å². The van der Waals surface area contributed by atoms with Crippen molar-refractivity contribution < 1.29 is 0 Å². The van der Waals surface area contributed by atoms with Crippen LogP contribution in [-0.2, 0) is 0 Å². The maximum Gasteiger partial charge on any atom is 0.273 e. The van der Waals surface area contributed by atoms with Gasteiger partial charge in [-0.15, -0.1) is 0 Å². The summed E-state index contributed by atoms with van der Waals surface area (Å²) in [6, 6.07) is 6.74. The van der Waals surface area contributed by atoms with E-state index in [1.54, 1.807) is 24.4 Å². The molecule has 3 rings (SSSR count). The van der Waals surface area contributed by atoms with Gasteiger partial charge in [0.1, 0.15) is 0 Å². The molecule has 6 heteroatoms. The van der Waals surface area contributed by atoms with Crippen LogP contribution in [0.1, 0.15) is 25.3 Å². The molecule has 0 amide bonds. The highest BCUT2D eigenvalue weighted by atomic mass is 35.5. The standard InChI is InChI=1S/C15H13Cl2N3O/c1-8(2)10-7-18-20-13(21)6-12(19-15(10)20)9-4-3-5-11(16)14(9)17/h3-8,18H,1-2H3. The Morgan fingerprint density at radius 1 is 1.29 bits per heavy atom.